The third-order valence-corrected chi connectivity index (χ3v) is 4.03. The Balaban J connectivity index is 1.94. The highest BCUT2D eigenvalue weighted by molar-refractivity contribution is 7.11. The Morgan fingerprint density at radius 2 is 2.41 bits per heavy atom. The first kappa shape index (κ1) is 12.5. The van der Waals surface area contributed by atoms with E-state index in [-0.39, 0.29) is 11.9 Å². The fourth-order valence-corrected chi connectivity index (χ4v) is 3.09. The fraction of sp³-hybridized carbons (Fsp3) is 0.583. The van der Waals surface area contributed by atoms with Gasteiger partial charge in [-0.2, -0.15) is 0 Å². The molecule has 1 aromatic rings. The molecule has 1 aliphatic heterocycles. The first-order chi connectivity index (χ1) is 8.06. The number of nitrogens with zero attached hydrogens (tertiary/aromatic N) is 1. The molecular formula is C12H18N2O2S. The van der Waals surface area contributed by atoms with Gasteiger partial charge in [0.15, 0.2) is 0 Å². The first-order valence-electron chi connectivity index (χ1n) is 5.82. The Kier molecular flexibility index (Phi) is 3.81. The Morgan fingerprint density at radius 3 is 3.00 bits per heavy atom. The lowest BCUT2D eigenvalue weighted by molar-refractivity contribution is -0.119. The van der Waals surface area contributed by atoms with Crippen molar-refractivity contribution in [1.82, 2.24) is 10.2 Å². The van der Waals surface area contributed by atoms with Crippen molar-refractivity contribution in [3.8, 4) is 0 Å². The molecule has 1 fully saturated rings. The van der Waals surface area contributed by atoms with Crippen LogP contribution in [0.1, 0.15) is 29.3 Å². The largest absolute Gasteiger partial charge is 0.373 e. The number of aliphatic hydroxyl groups excluding tert-OH is 1. The van der Waals surface area contributed by atoms with E-state index in [1.165, 1.54) is 11.8 Å². The van der Waals surface area contributed by atoms with E-state index in [1.807, 2.05) is 24.0 Å². The summed E-state index contributed by atoms with van der Waals surface area (Å²) in [4.78, 5) is 15.1. The summed E-state index contributed by atoms with van der Waals surface area (Å²) in [7, 11) is 0. The van der Waals surface area contributed by atoms with Crippen LogP contribution in [0.3, 0.4) is 0 Å². The quantitative estimate of drug-likeness (QED) is 0.854. The average molecular weight is 254 g/mol. The number of hydrogen-bond acceptors (Lipinski definition) is 4. The minimum absolute atomic E-state index is 0.00157. The molecule has 0 bridgehead atoms. The molecule has 5 heteroatoms. The van der Waals surface area contributed by atoms with E-state index < -0.39 is 6.23 Å². The summed E-state index contributed by atoms with van der Waals surface area (Å²) in [5.74, 6) is -0.00157. The Labute approximate surface area is 105 Å². The number of hydrogen-bond donors (Lipinski definition) is 2. The Hall–Kier alpha value is -0.910. The van der Waals surface area contributed by atoms with Crippen LogP contribution in [0.4, 0.5) is 0 Å². The van der Waals surface area contributed by atoms with Crippen molar-refractivity contribution in [2.75, 3.05) is 13.1 Å². The molecule has 0 spiro atoms. The topological polar surface area (TPSA) is 52.6 Å². The molecule has 4 nitrogen and oxygen atoms in total. The van der Waals surface area contributed by atoms with Gasteiger partial charge >= 0.3 is 0 Å². The van der Waals surface area contributed by atoms with Gasteiger partial charge in [0.1, 0.15) is 6.23 Å². The van der Waals surface area contributed by atoms with E-state index in [2.05, 4.69) is 5.32 Å². The zero-order chi connectivity index (χ0) is 12.4. The van der Waals surface area contributed by atoms with Gasteiger partial charge in [0.05, 0.1) is 0 Å². The predicted molar refractivity (Wildman–Crippen MR) is 67.8 cm³/mol. The molecule has 2 rings (SSSR count). The van der Waals surface area contributed by atoms with Gasteiger partial charge in [-0.05, 0) is 25.5 Å². The summed E-state index contributed by atoms with van der Waals surface area (Å²) < 4.78 is 0. The van der Waals surface area contributed by atoms with Crippen molar-refractivity contribution < 1.29 is 9.90 Å². The van der Waals surface area contributed by atoms with Gasteiger partial charge in [0.2, 0.25) is 5.91 Å². The number of carbonyl (C=O) groups excluding carboxylic acids is 1. The van der Waals surface area contributed by atoms with Crippen LogP contribution in [0, 0.1) is 6.92 Å². The third kappa shape index (κ3) is 3.06. The van der Waals surface area contributed by atoms with Crippen LogP contribution in [-0.4, -0.2) is 35.0 Å². The van der Waals surface area contributed by atoms with Crippen LogP contribution < -0.4 is 5.32 Å². The van der Waals surface area contributed by atoms with Crippen LogP contribution >= 0.6 is 11.3 Å². The Morgan fingerprint density at radius 1 is 1.65 bits per heavy atom. The van der Waals surface area contributed by atoms with Gasteiger partial charge in [-0.25, -0.2) is 0 Å². The number of aliphatic hydroxyl groups is 1. The number of thiophene rings is 1. The number of rotatable bonds is 3. The summed E-state index contributed by atoms with van der Waals surface area (Å²) >= 11 is 1.62. The van der Waals surface area contributed by atoms with Crippen molar-refractivity contribution in [2.24, 2.45) is 0 Å². The number of carbonyl (C=O) groups is 1. The maximum absolute atomic E-state index is 11.0. The van der Waals surface area contributed by atoms with E-state index in [0.29, 0.717) is 0 Å². The summed E-state index contributed by atoms with van der Waals surface area (Å²) in [5, 5.41) is 13.1. The molecule has 2 heterocycles. The maximum atomic E-state index is 11.0. The minimum Gasteiger partial charge on any atom is -0.373 e. The monoisotopic (exact) mass is 254 g/mol. The van der Waals surface area contributed by atoms with E-state index >= 15 is 0 Å². The molecule has 2 atom stereocenters. The first-order valence-corrected chi connectivity index (χ1v) is 6.63. The second-order valence-electron chi connectivity index (χ2n) is 4.50. The highest BCUT2D eigenvalue weighted by atomic mass is 32.1. The molecule has 0 saturated carbocycles. The van der Waals surface area contributed by atoms with Crippen LogP contribution in [-0.2, 0) is 4.79 Å². The van der Waals surface area contributed by atoms with E-state index in [0.717, 1.165) is 24.4 Å². The van der Waals surface area contributed by atoms with Crippen molar-refractivity contribution in [1.29, 1.82) is 0 Å². The van der Waals surface area contributed by atoms with Gasteiger partial charge in [0.25, 0.3) is 0 Å². The molecule has 0 radical (unpaired) electrons. The van der Waals surface area contributed by atoms with E-state index in [1.54, 1.807) is 11.3 Å². The minimum atomic E-state index is -0.535. The lowest BCUT2D eigenvalue weighted by atomic mass is 10.2. The lowest BCUT2D eigenvalue weighted by Gasteiger charge is -2.21. The second-order valence-corrected chi connectivity index (χ2v) is 5.82. The van der Waals surface area contributed by atoms with Crippen LogP contribution in [0.2, 0.25) is 0 Å². The number of aryl methyl sites for hydroxylation is 1. The smallest absolute Gasteiger partial charge is 0.217 e. The predicted octanol–water partition coefficient (Wildman–Crippen LogP) is 1.26. The van der Waals surface area contributed by atoms with Crippen molar-refractivity contribution in [3.05, 3.63) is 21.9 Å². The lowest BCUT2D eigenvalue weighted by Crippen LogP contribution is -2.36. The molecule has 2 unspecified atom stereocenters. The number of amides is 1. The van der Waals surface area contributed by atoms with Gasteiger partial charge < -0.3 is 10.4 Å². The van der Waals surface area contributed by atoms with Crippen molar-refractivity contribution >= 4 is 17.2 Å². The molecule has 0 aliphatic carbocycles. The highest BCUT2D eigenvalue weighted by Crippen LogP contribution is 2.28. The van der Waals surface area contributed by atoms with Crippen LogP contribution in [0.25, 0.3) is 0 Å². The highest BCUT2D eigenvalue weighted by Gasteiger charge is 2.28. The molecular weight excluding hydrogens is 236 g/mol. The standard InChI is InChI=1S/C12H18N2O2S/c1-8-3-4-11(17-8)12(16)14-6-5-10(7-14)13-9(2)15/h3-4,10,12,16H,5-7H2,1-2H3,(H,13,15). The van der Waals surface area contributed by atoms with Crippen molar-refractivity contribution in [3.63, 3.8) is 0 Å². The zero-order valence-electron chi connectivity index (χ0n) is 10.1. The van der Waals surface area contributed by atoms with Gasteiger partial charge in [-0.3, -0.25) is 9.69 Å². The van der Waals surface area contributed by atoms with Crippen LogP contribution in [0.15, 0.2) is 12.1 Å². The molecule has 1 aliphatic rings. The van der Waals surface area contributed by atoms with Gasteiger partial charge in [-0.15, -0.1) is 11.3 Å². The molecule has 1 amide bonds. The molecule has 0 aromatic carbocycles. The van der Waals surface area contributed by atoms with E-state index in [4.69, 9.17) is 0 Å². The second kappa shape index (κ2) is 5.16. The molecule has 1 saturated heterocycles. The summed E-state index contributed by atoms with van der Waals surface area (Å²) in [6, 6.07) is 4.16. The third-order valence-electron chi connectivity index (χ3n) is 2.99. The van der Waals surface area contributed by atoms with E-state index in [9.17, 15) is 9.90 Å². The van der Waals surface area contributed by atoms with Crippen molar-refractivity contribution in [2.45, 2.75) is 32.5 Å². The fourth-order valence-electron chi connectivity index (χ4n) is 2.19. The zero-order valence-corrected chi connectivity index (χ0v) is 11.0. The average Bonchev–Trinajstić information content (AvgIpc) is 2.85. The maximum Gasteiger partial charge on any atom is 0.217 e. The number of nitrogens with one attached hydrogen (secondary N) is 1. The van der Waals surface area contributed by atoms with Crippen LogP contribution in [0.5, 0.6) is 0 Å². The molecule has 2 N–H and O–H groups in total. The summed E-state index contributed by atoms with van der Waals surface area (Å²) in [5.41, 5.74) is 0. The van der Waals surface area contributed by atoms with Gasteiger partial charge in [0, 0.05) is 35.8 Å². The van der Waals surface area contributed by atoms with Gasteiger partial charge in [-0.1, -0.05) is 0 Å². The SMILES string of the molecule is CC(=O)NC1CCN(C(O)c2ccc(C)s2)C1. The summed E-state index contributed by atoms with van der Waals surface area (Å²) in [6.07, 6.45) is 0.369. The Bertz CT molecular complexity index is 405. The molecule has 94 valence electrons. The normalized spacial score (nSPS) is 22.6. The number of likely N-dealkylation sites (tertiary alicyclic amines) is 1. The summed E-state index contributed by atoms with van der Waals surface area (Å²) in [6.45, 7) is 5.10. The molecule has 17 heavy (non-hydrogen) atoms. The molecule has 1 aromatic heterocycles.